The van der Waals surface area contributed by atoms with Crippen LogP contribution in [0.4, 0.5) is 34.1 Å². The number of para-hydroxylation sites is 4. The summed E-state index contributed by atoms with van der Waals surface area (Å²) in [6, 6.07) is 73.2. The molecule has 0 saturated carbocycles. The first-order chi connectivity index (χ1) is 39.2. The smallest absolute Gasteiger partial charge is 0.159 e. The van der Waals surface area contributed by atoms with Crippen LogP contribution in [0, 0.1) is 0 Å². The van der Waals surface area contributed by atoms with Crippen molar-refractivity contribution in [2.24, 2.45) is 0 Å². The number of nitrogens with zero attached hydrogens (tertiary/aromatic N) is 2. The van der Waals surface area contributed by atoms with Crippen LogP contribution >= 0.6 is 0 Å². The number of benzene rings is 12. The van der Waals surface area contributed by atoms with Crippen LogP contribution in [0.3, 0.4) is 0 Å². The predicted molar refractivity (Wildman–Crippen MR) is 344 cm³/mol. The van der Waals surface area contributed by atoms with Crippen molar-refractivity contribution in [3.8, 4) is 0 Å². The van der Waals surface area contributed by atoms with Gasteiger partial charge in [0.2, 0.25) is 0 Å². The summed E-state index contributed by atoms with van der Waals surface area (Å²) in [4.78, 5) is 5.17. The SMILES string of the molecule is CCC(C)c1ccc2ccc(C(C)CC)c(N(c3ccc4ccc5c(N(c6c(C(C)CC)ccc7ccc(C(C)CC)cc67)c6cccc7c6oc6ccccc67)ccc6ccc3c4c65)c3cccc4c3oc3ccccc34)c2c1. The number of hydrogen-bond acceptors (Lipinski definition) is 4. The zero-order chi connectivity index (χ0) is 54.5. The minimum Gasteiger partial charge on any atom is -0.454 e. The molecule has 0 fully saturated rings. The van der Waals surface area contributed by atoms with E-state index in [9.17, 15) is 0 Å². The van der Waals surface area contributed by atoms with Gasteiger partial charge >= 0.3 is 0 Å². The molecule has 14 aromatic rings. The van der Waals surface area contributed by atoms with Gasteiger partial charge < -0.3 is 18.6 Å². The van der Waals surface area contributed by atoms with Gasteiger partial charge in [0.05, 0.1) is 34.1 Å². The van der Waals surface area contributed by atoms with Crippen LogP contribution in [-0.4, -0.2) is 0 Å². The third-order valence-electron chi connectivity index (χ3n) is 18.5. The van der Waals surface area contributed by atoms with Crippen LogP contribution in [0.5, 0.6) is 0 Å². The molecular formula is C76H68N2O2. The Labute approximate surface area is 469 Å². The molecule has 2 heterocycles. The summed E-state index contributed by atoms with van der Waals surface area (Å²) < 4.78 is 14.1. The standard InChI is InChI=1S/C76H68N2O2/c1-9-45(5)53-29-27-49-31-37-55(47(7)11-3)73(63(49)43-53)77(67-23-17-21-59-57-19-13-15-25-69(57)79-75(59)67)65-41-35-51-34-40-62-66(42-36-52-33-39-61(65)71(51)72(52)62)78(68-24-18-22-60-58-20-14-16-26-70(58)80-76(60)68)74-56(48(8)12-4)38-32-50-28-30-54(44-64(50)74)46(6)10-2/h13-48H,9-12H2,1-8H3. The fraction of sp³-hybridized carbons (Fsp3) is 0.211. The maximum Gasteiger partial charge on any atom is 0.159 e. The Hall–Kier alpha value is -8.60. The normalized spacial score (nSPS) is 13.8. The molecule has 0 aliphatic rings. The van der Waals surface area contributed by atoms with Crippen LogP contribution in [0.1, 0.15) is 127 Å². The van der Waals surface area contributed by atoms with Crippen molar-refractivity contribution in [3.63, 3.8) is 0 Å². The van der Waals surface area contributed by atoms with Crippen LogP contribution in [0.2, 0.25) is 0 Å². The summed E-state index contributed by atoms with van der Waals surface area (Å²) in [7, 11) is 0. The molecule has 2 aromatic heterocycles. The maximum atomic E-state index is 7.06. The third kappa shape index (κ3) is 7.70. The minimum atomic E-state index is 0.277. The van der Waals surface area contributed by atoms with Gasteiger partial charge in [-0.05, 0) is 152 Å². The lowest BCUT2D eigenvalue weighted by Gasteiger charge is -2.33. The van der Waals surface area contributed by atoms with Crippen LogP contribution in [-0.2, 0) is 0 Å². The molecule has 0 saturated heterocycles. The van der Waals surface area contributed by atoms with Gasteiger partial charge in [-0.15, -0.1) is 0 Å². The van der Waals surface area contributed by atoms with E-state index in [1.807, 2.05) is 0 Å². The molecule has 0 bridgehead atoms. The van der Waals surface area contributed by atoms with E-state index >= 15 is 0 Å². The van der Waals surface area contributed by atoms with Gasteiger partial charge in [0, 0.05) is 43.1 Å². The summed E-state index contributed by atoms with van der Waals surface area (Å²) in [5.74, 6) is 1.37. The van der Waals surface area contributed by atoms with Crippen molar-refractivity contribution >= 4 is 132 Å². The zero-order valence-electron chi connectivity index (χ0n) is 47.3. The van der Waals surface area contributed by atoms with Crippen LogP contribution in [0.25, 0.3) is 97.7 Å². The first-order valence-corrected chi connectivity index (χ1v) is 29.4. The predicted octanol–water partition coefficient (Wildman–Crippen LogP) is 23.7. The highest BCUT2D eigenvalue weighted by Gasteiger charge is 2.31. The zero-order valence-corrected chi connectivity index (χ0v) is 47.3. The monoisotopic (exact) mass is 1040 g/mol. The molecule has 0 spiro atoms. The molecule has 0 aliphatic carbocycles. The van der Waals surface area contributed by atoms with Crippen molar-refractivity contribution in [1.29, 1.82) is 0 Å². The highest BCUT2D eigenvalue weighted by molar-refractivity contribution is 6.29. The quantitative estimate of drug-likeness (QED) is 0.102. The summed E-state index contributed by atoms with van der Waals surface area (Å²) in [6.07, 6.45) is 4.13. The number of fused-ring (bicyclic) bond motifs is 8. The first kappa shape index (κ1) is 49.7. The topological polar surface area (TPSA) is 32.8 Å². The van der Waals surface area contributed by atoms with E-state index in [0.29, 0.717) is 11.8 Å². The second-order valence-corrected chi connectivity index (χ2v) is 23.0. The average molecular weight is 1040 g/mol. The van der Waals surface area contributed by atoms with Gasteiger partial charge in [-0.1, -0.05) is 201 Å². The molecule has 4 atom stereocenters. The van der Waals surface area contributed by atoms with E-state index in [0.717, 1.165) is 92.3 Å². The third-order valence-corrected chi connectivity index (χ3v) is 18.5. The molecule has 0 amide bonds. The lowest BCUT2D eigenvalue weighted by Crippen LogP contribution is -2.15. The second-order valence-electron chi connectivity index (χ2n) is 23.0. The largest absolute Gasteiger partial charge is 0.454 e. The van der Waals surface area contributed by atoms with Gasteiger partial charge in [0.1, 0.15) is 11.2 Å². The number of furan rings is 2. The van der Waals surface area contributed by atoms with E-state index in [4.69, 9.17) is 8.83 Å². The highest BCUT2D eigenvalue weighted by Crippen LogP contribution is 2.54. The Balaban J connectivity index is 1.11. The van der Waals surface area contributed by atoms with E-state index < -0.39 is 0 Å². The lowest BCUT2D eigenvalue weighted by molar-refractivity contribution is 0.668. The molecule has 14 rings (SSSR count). The van der Waals surface area contributed by atoms with E-state index in [1.54, 1.807) is 0 Å². The van der Waals surface area contributed by atoms with Gasteiger partial charge in [0.15, 0.2) is 11.2 Å². The number of rotatable bonds is 14. The average Bonchev–Trinajstić information content (AvgIpc) is 3.87. The van der Waals surface area contributed by atoms with Gasteiger partial charge in [-0.25, -0.2) is 0 Å². The summed E-state index contributed by atoms with van der Waals surface area (Å²) >= 11 is 0. The number of hydrogen-bond donors (Lipinski definition) is 0. The molecule has 12 aromatic carbocycles. The molecule has 4 heteroatoms. The summed E-state index contributed by atoms with van der Waals surface area (Å²) in [5, 5.41) is 16.7. The fourth-order valence-electron chi connectivity index (χ4n) is 13.2. The van der Waals surface area contributed by atoms with E-state index in [2.05, 4.69) is 259 Å². The van der Waals surface area contributed by atoms with Crippen molar-refractivity contribution in [1.82, 2.24) is 0 Å². The lowest BCUT2D eigenvalue weighted by atomic mass is 9.88. The number of anilines is 6. The maximum absolute atomic E-state index is 7.06. The Morgan fingerprint density at radius 1 is 0.312 bits per heavy atom. The van der Waals surface area contributed by atoms with Crippen LogP contribution in [0.15, 0.2) is 203 Å². The highest BCUT2D eigenvalue weighted by atomic mass is 16.3. The summed E-state index contributed by atoms with van der Waals surface area (Å²) in [6.45, 7) is 18.7. The van der Waals surface area contributed by atoms with Crippen LogP contribution < -0.4 is 9.80 Å². The van der Waals surface area contributed by atoms with Crippen molar-refractivity contribution in [3.05, 3.63) is 216 Å². The van der Waals surface area contributed by atoms with E-state index in [-0.39, 0.29) is 11.8 Å². The summed E-state index contributed by atoms with van der Waals surface area (Å²) in [5.41, 5.74) is 15.6. The Kier molecular flexibility index (Phi) is 12.2. The minimum absolute atomic E-state index is 0.277. The van der Waals surface area contributed by atoms with Crippen molar-refractivity contribution in [2.45, 2.75) is 105 Å². The molecule has 0 N–H and O–H groups in total. The molecular weight excluding hydrogens is 973 g/mol. The Morgan fingerprint density at radius 3 is 1.11 bits per heavy atom. The van der Waals surface area contributed by atoms with Crippen molar-refractivity contribution < 1.29 is 8.83 Å². The fourth-order valence-corrected chi connectivity index (χ4v) is 13.2. The Bertz CT molecular complexity index is 4400. The molecule has 4 nitrogen and oxygen atoms in total. The molecule has 4 unspecified atom stereocenters. The Morgan fingerprint density at radius 2 is 0.688 bits per heavy atom. The van der Waals surface area contributed by atoms with Gasteiger partial charge in [0.25, 0.3) is 0 Å². The van der Waals surface area contributed by atoms with E-state index in [1.165, 1.54) is 87.5 Å². The molecule has 0 radical (unpaired) electrons. The van der Waals surface area contributed by atoms with Gasteiger partial charge in [-0.2, -0.15) is 0 Å². The first-order valence-electron chi connectivity index (χ1n) is 29.4. The molecule has 0 aliphatic heterocycles. The molecule has 394 valence electrons. The van der Waals surface area contributed by atoms with Gasteiger partial charge in [-0.3, -0.25) is 0 Å². The van der Waals surface area contributed by atoms with Crippen molar-refractivity contribution in [2.75, 3.05) is 9.80 Å². The molecule has 80 heavy (non-hydrogen) atoms. The second kappa shape index (κ2) is 19.6.